The van der Waals surface area contributed by atoms with Crippen LogP contribution < -0.4 is 14.2 Å². The first-order valence-corrected chi connectivity index (χ1v) is 8.81. The molecule has 144 valence electrons. The summed E-state index contributed by atoms with van der Waals surface area (Å²) < 4.78 is 16.1. The highest BCUT2D eigenvalue weighted by Crippen LogP contribution is 2.41. The molecule has 1 fully saturated rings. The van der Waals surface area contributed by atoms with E-state index in [4.69, 9.17) is 14.2 Å². The van der Waals surface area contributed by atoms with Gasteiger partial charge >= 0.3 is 5.97 Å². The fourth-order valence-corrected chi connectivity index (χ4v) is 3.51. The van der Waals surface area contributed by atoms with E-state index in [0.717, 1.165) is 18.4 Å². The van der Waals surface area contributed by atoms with Crippen molar-refractivity contribution < 1.29 is 28.9 Å². The molecule has 0 aromatic heterocycles. The Morgan fingerprint density at radius 1 is 1.15 bits per heavy atom. The lowest BCUT2D eigenvalue weighted by Gasteiger charge is -2.35. The number of carboxylic acid groups (broad SMARTS) is 1. The van der Waals surface area contributed by atoms with E-state index in [1.54, 1.807) is 12.1 Å². The number of aliphatic carboxylic acids is 1. The largest absolute Gasteiger partial charge is 0.493 e. The molecule has 2 atom stereocenters. The molecular weight excluding hydrogens is 338 g/mol. The first kappa shape index (κ1) is 19.9. The second-order valence-corrected chi connectivity index (χ2v) is 6.30. The van der Waals surface area contributed by atoms with Crippen molar-refractivity contribution in [1.82, 2.24) is 4.90 Å². The molecule has 1 heterocycles. The fourth-order valence-electron chi connectivity index (χ4n) is 3.51. The van der Waals surface area contributed by atoms with Crippen LogP contribution in [0.2, 0.25) is 0 Å². The maximum atomic E-state index is 13.1. The van der Waals surface area contributed by atoms with Crippen LogP contribution in [0.1, 0.15) is 44.1 Å². The van der Waals surface area contributed by atoms with E-state index in [1.165, 1.54) is 26.2 Å². The molecule has 2 rings (SSSR count). The number of amides is 1. The van der Waals surface area contributed by atoms with Crippen molar-refractivity contribution in [1.29, 1.82) is 0 Å². The summed E-state index contributed by atoms with van der Waals surface area (Å²) in [7, 11) is 4.57. The molecule has 0 bridgehead atoms. The molecule has 1 aliphatic rings. The van der Waals surface area contributed by atoms with Gasteiger partial charge in [-0.25, -0.2) is 4.79 Å². The van der Waals surface area contributed by atoms with Crippen LogP contribution in [0, 0.1) is 0 Å². The van der Waals surface area contributed by atoms with Gasteiger partial charge in [0.05, 0.1) is 27.2 Å². The lowest BCUT2D eigenvalue weighted by atomic mass is 9.91. The third kappa shape index (κ3) is 3.86. The second-order valence-electron chi connectivity index (χ2n) is 6.30. The summed E-state index contributed by atoms with van der Waals surface area (Å²) in [6.07, 6.45) is 2.68. The van der Waals surface area contributed by atoms with E-state index in [9.17, 15) is 14.7 Å². The van der Waals surface area contributed by atoms with Gasteiger partial charge in [-0.3, -0.25) is 4.79 Å². The van der Waals surface area contributed by atoms with Crippen LogP contribution in [-0.2, 0) is 9.59 Å². The van der Waals surface area contributed by atoms with Crippen LogP contribution in [0.5, 0.6) is 17.2 Å². The molecule has 1 N–H and O–H groups in total. The number of benzene rings is 1. The molecule has 0 radical (unpaired) electrons. The number of hydrogen-bond acceptors (Lipinski definition) is 5. The Kier molecular flexibility index (Phi) is 6.71. The van der Waals surface area contributed by atoms with E-state index in [2.05, 4.69) is 0 Å². The van der Waals surface area contributed by atoms with E-state index >= 15 is 0 Å². The summed E-state index contributed by atoms with van der Waals surface area (Å²) in [5, 5.41) is 9.46. The smallest absolute Gasteiger partial charge is 0.326 e. The van der Waals surface area contributed by atoms with E-state index in [0.29, 0.717) is 36.6 Å². The third-order valence-corrected chi connectivity index (χ3v) is 4.87. The van der Waals surface area contributed by atoms with Crippen LogP contribution in [0.3, 0.4) is 0 Å². The minimum atomic E-state index is -0.946. The number of piperidine rings is 1. The minimum absolute atomic E-state index is 0.172. The van der Waals surface area contributed by atoms with Crippen LogP contribution >= 0.6 is 0 Å². The second kappa shape index (κ2) is 8.78. The van der Waals surface area contributed by atoms with Crippen LogP contribution in [-0.4, -0.2) is 55.8 Å². The van der Waals surface area contributed by atoms with Gasteiger partial charge in [0.25, 0.3) is 0 Å². The van der Waals surface area contributed by atoms with Gasteiger partial charge in [0.2, 0.25) is 11.7 Å². The minimum Gasteiger partial charge on any atom is -0.493 e. The van der Waals surface area contributed by atoms with E-state index in [1.807, 2.05) is 6.92 Å². The van der Waals surface area contributed by atoms with Gasteiger partial charge in [-0.2, -0.15) is 0 Å². The number of methoxy groups -OCH3 is 3. The van der Waals surface area contributed by atoms with Crippen molar-refractivity contribution in [2.75, 3.05) is 27.9 Å². The first-order chi connectivity index (χ1) is 12.5. The quantitative estimate of drug-likeness (QED) is 0.800. The molecule has 0 aliphatic carbocycles. The number of ether oxygens (including phenoxy) is 3. The number of carbonyl (C=O) groups excluding carboxylic acids is 1. The molecule has 0 unspecified atom stereocenters. The number of rotatable bonds is 7. The van der Waals surface area contributed by atoms with Crippen molar-refractivity contribution in [3.05, 3.63) is 17.7 Å². The molecule has 1 aliphatic heterocycles. The molecule has 0 spiro atoms. The van der Waals surface area contributed by atoms with Crippen LogP contribution in [0.25, 0.3) is 0 Å². The Morgan fingerprint density at radius 2 is 1.77 bits per heavy atom. The van der Waals surface area contributed by atoms with E-state index in [-0.39, 0.29) is 5.91 Å². The van der Waals surface area contributed by atoms with Gasteiger partial charge in [0.1, 0.15) is 6.04 Å². The Hall–Kier alpha value is -2.44. The van der Waals surface area contributed by atoms with Crippen LogP contribution in [0.15, 0.2) is 12.1 Å². The predicted molar refractivity (Wildman–Crippen MR) is 96.1 cm³/mol. The standard InChI is InChI=1S/C19H27NO6/c1-5-13(18(21)20-9-7-6-8-14(20)19(22)23)12-10-15(24-2)17(26-4)16(11-12)25-3/h10-11,13-14H,5-9H2,1-4H3,(H,22,23)/t13-,14+/m0/s1. The topological polar surface area (TPSA) is 85.3 Å². The first-order valence-electron chi connectivity index (χ1n) is 8.81. The summed E-state index contributed by atoms with van der Waals surface area (Å²) in [5.41, 5.74) is 0.724. The molecule has 0 saturated carbocycles. The zero-order valence-electron chi connectivity index (χ0n) is 15.8. The number of likely N-dealkylation sites (tertiary alicyclic amines) is 1. The number of nitrogens with zero attached hydrogens (tertiary/aromatic N) is 1. The summed E-state index contributed by atoms with van der Waals surface area (Å²) in [6, 6.07) is 2.76. The van der Waals surface area contributed by atoms with Gasteiger partial charge in [-0.1, -0.05) is 6.92 Å². The molecule has 1 amide bonds. The summed E-state index contributed by atoms with van der Waals surface area (Å²) >= 11 is 0. The van der Waals surface area contributed by atoms with E-state index < -0.39 is 17.9 Å². The molecule has 1 saturated heterocycles. The predicted octanol–water partition coefficient (Wildman–Crippen LogP) is 2.67. The average Bonchev–Trinajstić information content (AvgIpc) is 2.67. The highest BCUT2D eigenvalue weighted by Gasteiger charge is 2.36. The lowest BCUT2D eigenvalue weighted by molar-refractivity contribution is -0.152. The Labute approximate surface area is 153 Å². The number of hydrogen-bond donors (Lipinski definition) is 1. The zero-order valence-corrected chi connectivity index (χ0v) is 15.8. The van der Waals surface area contributed by atoms with Gasteiger partial charge in [0, 0.05) is 6.54 Å². The van der Waals surface area contributed by atoms with Crippen molar-refractivity contribution in [2.45, 2.75) is 44.6 Å². The van der Waals surface area contributed by atoms with Gasteiger partial charge in [-0.05, 0) is 43.4 Å². The maximum Gasteiger partial charge on any atom is 0.326 e. The summed E-state index contributed by atoms with van der Waals surface area (Å²) in [5.74, 6) is -0.180. The van der Waals surface area contributed by atoms with Gasteiger partial charge in [0.15, 0.2) is 11.5 Å². The molecule has 26 heavy (non-hydrogen) atoms. The monoisotopic (exact) mass is 365 g/mol. The maximum absolute atomic E-state index is 13.1. The average molecular weight is 365 g/mol. The molecule has 1 aromatic carbocycles. The summed E-state index contributed by atoms with van der Waals surface area (Å²) in [6.45, 7) is 2.38. The molecule has 7 nitrogen and oxygen atoms in total. The summed E-state index contributed by atoms with van der Waals surface area (Å²) in [4.78, 5) is 26.2. The van der Waals surface area contributed by atoms with Gasteiger partial charge in [-0.15, -0.1) is 0 Å². The number of carboxylic acids is 1. The van der Waals surface area contributed by atoms with Crippen LogP contribution in [0.4, 0.5) is 0 Å². The van der Waals surface area contributed by atoms with Crippen molar-refractivity contribution in [2.24, 2.45) is 0 Å². The molecule has 7 heteroatoms. The van der Waals surface area contributed by atoms with Gasteiger partial charge < -0.3 is 24.2 Å². The van der Waals surface area contributed by atoms with Crippen molar-refractivity contribution >= 4 is 11.9 Å². The molecule has 1 aromatic rings. The highest BCUT2D eigenvalue weighted by atomic mass is 16.5. The number of carbonyl (C=O) groups is 2. The normalized spacial score (nSPS) is 18.2. The third-order valence-electron chi connectivity index (χ3n) is 4.87. The zero-order chi connectivity index (χ0) is 19.3. The Morgan fingerprint density at radius 3 is 2.23 bits per heavy atom. The lowest BCUT2D eigenvalue weighted by Crippen LogP contribution is -2.49. The van der Waals surface area contributed by atoms with Crippen molar-refractivity contribution in [3.63, 3.8) is 0 Å². The Bertz CT molecular complexity index is 634. The highest BCUT2D eigenvalue weighted by molar-refractivity contribution is 5.88. The Balaban J connectivity index is 2.40. The SMILES string of the molecule is CC[C@H](C(=O)N1CCCC[C@@H]1C(=O)O)c1cc(OC)c(OC)c(OC)c1. The van der Waals surface area contributed by atoms with Crippen molar-refractivity contribution in [3.8, 4) is 17.2 Å². The molecular formula is C19H27NO6. The fraction of sp³-hybridized carbons (Fsp3) is 0.579.